The predicted octanol–water partition coefficient (Wildman–Crippen LogP) is 1.28. The molecule has 7 atom stereocenters. The molecule has 3 rings (SSSR count). The van der Waals surface area contributed by atoms with Crippen LogP contribution >= 0.6 is 0 Å². The Morgan fingerprint density at radius 3 is 2.67 bits per heavy atom. The quantitative estimate of drug-likeness (QED) is 0.542. The van der Waals surface area contributed by atoms with Gasteiger partial charge in [0.05, 0.1) is 24.2 Å². The standard InChI is InChI=1S/C22H34N2O6/c1-6-8-10-23(9-7-2)19(27)17-22-11-13(3)21(5,30-22)16(20(28)29)15(22)18(26)24(17)14(4)12-25/h7,13-17,25H,2,6,8-12H2,1,3-5H3,(H,28,29)/t13?,14-,15+,16+,17?,21-,22?/m1/s1. The van der Waals surface area contributed by atoms with Gasteiger partial charge in [0.2, 0.25) is 11.8 Å². The van der Waals surface area contributed by atoms with Crippen LogP contribution in [0.2, 0.25) is 0 Å². The molecule has 30 heavy (non-hydrogen) atoms. The molecule has 0 saturated carbocycles. The molecule has 0 radical (unpaired) electrons. The van der Waals surface area contributed by atoms with Crippen LogP contribution in [0.3, 0.4) is 0 Å². The third-order valence-electron chi connectivity index (χ3n) is 7.43. The summed E-state index contributed by atoms with van der Waals surface area (Å²) in [5.74, 6) is -3.83. The van der Waals surface area contributed by atoms with E-state index in [9.17, 15) is 24.6 Å². The summed E-state index contributed by atoms with van der Waals surface area (Å²) in [5.41, 5.74) is -2.20. The summed E-state index contributed by atoms with van der Waals surface area (Å²) in [6.45, 7) is 11.7. The molecule has 8 nitrogen and oxygen atoms in total. The lowest BCUT2D eigenvalue weighted by molar-refractivity contribution is -0.159. The first-order valence-corrected chi connectivity index (χ1v) is 10.9. The normalized spacial score (nSPS) is 37.9. The fourth-order valence-electron chi connectivity index (χ4n) is 5.86. The van der Waals surface area contributed by atoms with Crippen LogP contribution in [0.5, 0.6) is 0 Å². The van der Waals surface area contributed by atoms with E-state index < -0.39 is 47.0 Å². The number of aliphatic hydroxyl groups excluding tert-OH is 1. The van der Waals surface area contributed by atoms with Crippen molar-refractivity contribution in [3.05, 3.63) is 12.7 Å². The van der Waals surface area contributed by atoms with Crippen LogP contribution in [-0.4, -0.2) is 80.8 Å². The van der Waals surface area contributed by atoms with Crippen LogP contribution < -0.4 is 0 Å². The molecule has 0 aliphatic carbocycles. The molecule has 3 saturated heterocycles. The van der Waals surface area contributed by atoms with Crippen molar-refractivity contribution in [2.75, 3.05) is 19.7 Å². The smallest absolute Gasteiger partial charge is 0.310 e. The molecule has 1 spiro atoms. The minimum Gasteiger partial charge on any atom is -0.481 e. The van der Waals surface area contributed by atoms with Crippen LogP contribution in [0.25, 0.3) is 0 Å². The molecule has 2 N–H and O–H groups in total. The Kier molecular flexibility index (Phi) is 6.04. The van der Waals surface area contributed by atoms with Crippen molar-refractivity contribution < 1.29 is 29.3 Å². The number of carbonyl (C=O) groups is 3. The number of aliphatic hydroxyl groups is 1. The lowest BCUT2D eigenvalue weighted by Gasteiger charge is -2.38. The molecule has 2 bridgehead atoms. The third-order valence-corrected chi connectivity index (χ3v) is 7.43. The van der Waals surface area contributed by atoms with Crippen LogP contribution in [-0.2, 0) is 19.1 Å². The van der Waals surface area contributed by atoms with E-state index in [1.807, 2.05) is 13.8 Å². The number of amides is 2. The summed E-state index contributed by atoms with van der Waals surface area (Å²) in [5, 5.41) is 19.8. The Bertz CT molecular complexity index is 741. The van der Waals surface area contributed by atoms with Gasteiger partial charge in [-0.05, 0) is 32.6 Å². The molecule has 3 unspecified atom stereocenters. The highest BCUT2D eigenvalue weighted by Crippen LogP contribution is 2.65. The average molecular weight is 423 g/mol. The maximum atomic E-state index is 13.8. The second-order valence-corrected chi connectivity index (χ2v) is 9.25. The summed E-state index contributed by atoms with van der Waals surface area (Å²) < 4.78 is 6.42. The van der Waals surface area contributed by atoms with Crippen LogP contribution in [0, 0.1) is 17.8 Å². The molecular weight excluding hydrogens is 388 g/mol. The SMILES string of the molecule is C=CCN(CCCC)C(=O)C1N([C@H](C)CO)C(=O)[C@@H]2[C@@H](C(=O)O)[C@]3(C)OC12CC3C. The van der Waals surface area contributed by atoms with E-state index >= 15 is 0 Å². The van der Waals surface area contributed by atoms with Crippen molar-refractivity contribution in [2.45, 2.75) is 70.2 Å². The van der Waals surface area contributed by atoms with E-state index in [2.05, 4.69) is 6.58 Å². The summed E-state index contributed by atoms with van der Waals surface area (Å²) in [4.78, 5) is 42.6. The second kappa shape index (κ2) is 7.96. The Hall–Kier alpha value is -1.93. The second-order valence-electron chi connectivity index (χ2n) is 9.25. The highest BCUT2D eigenvalue weighted by molar-refractivity contribution is 5.98. The maximum Gasteiger partial charge on any atom is 0.310 e. The molecule has 3 fully saturated rings. The van der Waals surface area contributed by atoms with Crippen molar-refractivity contribution in [2.24, 2.45) is 17.8 Å². The lowest BCUT2D eigenvalue weighted by Crippen LogP contribution is -2.58. The molecule has 8 heteroatoms. The molecule has 2 amide bonds. The van der Waals surface area contributed by atoms with Gasteiger partial charge in [0.15, 0.2) is 0 Å². The van der Waals surface area contributed by atoms with E-state index in [4.69, 9.17) is 4.74 Å². The van der Waals surface area contributed by atoms with Crippen molar-refractivity contribution in [1.82, 2.24) is 9.80 Å². The van der Waals surface area contributed by atoms with Crippen molar-refractivity contribution in [1.29, 1.82) is 0 Å². The van der Waals surface area contributed by atoms with Gasteiger partial charge in [-0.15, -0.1) is 6.58 Å². The summed E-state index contributed by atoms with van der Waals surface area (Å²) in [7, 11) is 0. The van der Waals surface area contributed by atoms with E-state index in [0.717, 1.165) is 12.8 Å². The largest absolute Gasteiger partial charge is 0.481 e. The number of carbonyl (C=O) groups excluding carboxylic acids is 2. The summed E-state index contributed by atoms with van der Waals surface area (Å²) >= 11 is 0. The molecule has 0 aromatic rings. The number of nitrogens with zero attached hydrogens (tertiary/aromatic N) is 2. The van der Waals surface area contributed by atoms with Gasteiger partial charge in [-0.25, -0.2) is 0 Å². The Morgan fingerprint density at radius 1 is 1.47 bits per heavy atom. The fraction of sp³-hybridized carbons (Fsp3) is 0.773. The van der Waals surface area contributed by atoms with Gasteiger partial charge in [0.1, 0.15) is 17.6 Å². The highest BCUT2D eigenvalue weighted by atomic mass is 16.5. The molecule has 168 valence electrons. The molecule has 3 aliphatic rings. The fourth-order valence-corrected chi connectivity index (χ4v) is 5.86. The predicted molar refractivity (Wildman–Crippen MR) is 109 cm³/mol. The lowest BCUT2D eigenvalue weighted by atomic mass is 9.62. The van der Waals surface area contributed by atoms with E-state index in [1.54, 1.807) is 24.8 Å². The van der Waals surface area contributed by atoms with Gasteiger partial charge in [-0.3, -0.25) is 14.4 Å². The van der Waals surface area contributed by atoms with Gasteiger partial charge in [0, 0.05) is 13.1 Å². The van der Waals surface area contributed by atoms with Gasteiger partial charge < -0.3 is 24.7 Å². The Balaban J connectivity index is 2.11. The monoisotopic (exact) mass is 422 g/mol. The van der Waals surface area contributed by atoms with Gasteiger partial charge in [-0.1, -0.05) is 26.3 Å². The Labute approximate surface area is 177 Å². The summed E-state index contributed by atoms with van der Waals surface area (Å²) in [6.07, 6.45) is 3.79. The number of carboxylic acids is 1. The number of carboxylic acid groups (broad SMARTS) is 1. The van der Waals surface area contributed by atoms with Crippen molar-refractivity contribution in [3.8, 4) is 0 Å². The minimum absolute atomic E-state index is 0.120. The number of fused-ring (bicyclic) bond motifs is 1. The zero-order chi connectivity index (χ0) is 22.4. The third kappa shape index (κ3) is 2.99. The van der Waals surface area contributed by atoms with Crippen molar-refractivity contribution in [3.63, 3.8) is 0 Å². The molecule has 0 aromatic heterocycles. The van der Waals surface area contributed by atoms with E-state index in [1.165, 1.54) is 4.90 Å². The zero-order valence-electron chi connectivity index (χ0n) is 18.3. The van der Waals surface area contributed by atoms with Crippen molar-refractivity contribution >= 4 is 17.8 Å². The number of hydrogen-bond donors (Lipinski definition) is 2. The first-order valence-electron chi connectivity index (χ1n) is 10.9. The average Bonchev–Trinajstić information content (AvgIpc) is 3.21. The maximum absolute atomic E-state index is 13.8. The van der Waals surface area contributed by atoms with Gasteiger partial charge in [-0.2, -0.15) is 0 Å². The van der Waals surface area contributed by atoms with E-state index in [-0.39, 0.29) is 18.4 Å². The van der Waals surface area contributed by atoms with Crippen LogP contribution in [0.4, 0.5) is 0 Å². The number of ether oxygens (including phenoxy) is 1. The number of unbranched alkanes of at least 4 members (excludes halogenated alkanes) is 1. The molecule has 0 aromatic carbocycles. The number of aliphatic carboxylic acids is 1. The van der Waals surface area contributed by atoms with Crippen LogP contribution in [0.1, 0.15) is 47.0 Å². The topological polar surface area (TPSA) is 107 Å². The van der Waals surface area contributed by atoms with E-state index in [0.29, 0.717) is 19.5 Å². The first-order chi connectivity index (χ1) is 14.1. The minimum atomic E-state index is -1.19. The number of rotatable bonds is 9. The molecule has 3 heterocycles. The molecule has 3 aliphatic heterocycles. The Morgan fingerprint density at radius 2 is 2.13 bits per heavy atom. The van der Waals surface area contributed by atoms with Crippen LogP contribution in [0.15, 0.2) is 12.7 Å². The van der Waals surface area contributed by atoms with Gasteiger partial charge >= 0.3 is 5.97 Å². The zero-order valence-corrected chi connectivity index (χ0v) is 18.3. The van der Waals surface area contributed by atoms with Gasteiger partial charge in [0.25, 0.3) is 0 Å². The number of hydrogen-bond acceptors (Lipinski definition) is 5. The number of likely N-dealkylation sites (tertiary alicyclic amines) is 1. The summed E-state index contributed by atoms with van der Waals surface area (Å²) in [6, 6.07) is -1.58. The first kappa shape index (κ1) is 22.7. The molecular formula is C22H34N2O6. The highest BCUT2D eigenvalue weighted by Gasteiger charge is 2.80.